The van der Waals surface area contributed by atoms with Crippen LogP contribution in [0.25, 0.3) is 10.9 Å². The molecule has 1 aromatic heterocycles. The lowest BCUT2D eigenvalue weighted by Crippen LogP contribution is -2.47. The number of nitrogens with zero attached hydrogens (tertiary/aromatic N) is 2. The average molecular weight is 362 g/mol. The number of hydrogen-bond acceptors (Lipinski definition) is 4. The molecule has 2 aromatic rings. The number of urea groups is 1. The molecule has 0 radical (unpaired) electrons. The van der Waals surface area contributed by atoms with E-state index in [4.69, 9.17) is 11.6 Å². The van der Waals surface area contributed by atoms with Crippen LogP contribution in [0.15, 0.2) is 18.2 Å². The van der Waals surface area contributed by atoms with Crippen molar-refractivity contribution in [2.24, 2.45) is 0 Å². The van der Waals surface area contributed by atoms with E-state index in [2.05, 4.69) is 25.9 Å². The van der Waals surface area contributed by atoms with Gasteiger partial charge in [-0.3, -0.25) is 0 Å². The summed E-state index contributed by atoms with van der Waals surface area (Å²) in [5.41, 5.74) is 0.601. The zero-order valence-electron chi connectivity index (χ0n) is 14.8. The smallest absolute Gasteiger partial charge is 0.315 e. The maximum atomic E-state index is 11.8. The summed E-state index contributed by atoms with van der Waals surface area (Å²) in [6.45, 7) is 6.92. The molecule has 1 fully saturated rings. The van der Waals surface area contributed by atoms with Crippen LogP contribution in [0.3, 0.4) is 0 Å². The first kappa shape index (κ1) is 17.7. The highest BCUT2D eigenvalue weighted by atomic mass is 35.5. The van der Waals surface area contributed by atoms with Gasteiger partial charge in [-0.1, -0.05) is 11.6 Å². The standard InChI is InChI=1S/C18H24ClN5O/c1-18(2,3)24-17(25)21-9-8-20-16-13-7-6-12(19)10-14(13)22-15(23-16)11-4-5-11/h6-7,10-11H,4-5,8-9H2,1-3H3,(H,20,22,23)(H2,21,24,25). The Balaban J connectivity index is 1.65. The molecule has 1 aliphatic carbocycles. The van der Waals surface area contributed by atoms with Gasteiger partial charge < -0.3 is 16.0 Å². The van der Waals surface area contributed by atoms with Gasteiger partial charge in [-0.05, 0) is 51.8 Å². The highest BCUT2D eigenvalue weighted by Gasteiger charge is 2.27. The normalized spacial score (nSPS) is 14.4. The van der Waals surface area contributed by atoms with E-state index in [9.17, 15) is 4.79 Å². The third kappa shape index (κ3) is 4.95. The van der Waals surface area contributed by atoms with Gasteiger partial charge in [-0.2, -0.15) is 0 Å². The minimum atomic E-state index is -0.251. The second-order valence-corrected chi connectivity index (χ2v) is 7.86. The van der Waals surface area contributed by atoms with Crippen LogP contribution >= 0.6 is 11.6 Å². The minimum absolute atomic E-state index is 0.174. The van der Waals surface area contributed by atoms with Crippen LogP contribution in [0.1, 0.15) is 45.4 Å². The molecule has 2 amide bonds. The van der Waals surface area contributed by atoms with Crippen molar-refractivity contribution >= 4 is 34.4 Å². The lowest BCUT2D eigenvalue weighted by atomic mass is 10.1. The van der Waals surface area contributed by atoms with E-state index in [1.54, 1.807) is 0 Å². The highest BCUT2D eigenvalue weighted by molar-refractivity contribution is 6.31. The van der Waals surface area contributed by atoms with E-state index < -0.39 is 0 Å². The van der Waals surface area contributed by atoms with Gasteiger partial charge in [-0.15, -0.1) is 0 Å². The van der Waals surface area contributed by atoms with Gasteiger partial charge in [0.25, 0.3) is 0 Å². The molecule has 0 atom stereocenters. The Kier molecular flexibility index (Phi) is 4.99. The number of carbonyl (C=O) groups is 1. The van der Waals surface area contributed by atoms with Crippen molar-refractivity contribution in [1.82, 2.24) is 20.6 Å². The first-order chi connectivity index (χ1) is 11.8. The molecule has 3 rings (SSSR count). The Morgan fingerprint density at radius 3 is 2.68 bits per heavy atom. The Morgan fingerprint density at radius 2 is 2.00 bits per heavy atom. The number of nitrogens with one attached hydrogen (secondary N) is 3. The van der Waals surface area contributed by atoms with Crippen molar-refractivity contribution in [3.05, 3.63) is 29.0 Å². The summed E-state index contributed by atoms with van der Waals surface area (Å²) in [6.07, 6.45) is 2.28. The van der Waals surface area contributed by atoms with Crippen LogP contribution in [0, 0.1) is 0 Å². The van der Waals surface area contributed by atoms with Gasteiger partial charge in [0.05, 0.1) is 5.52 Å². The average Bonchev–Trinajstić information content (AvgIpc) is 3.33. The number of halogens is 1. The third-order valence-electron chi connectivity index (χ3n) is 3.81. The van der Waals surface area contributed by atoms with Gasteiger partial charge in [0.2, 0.25) is 0 Å². The van der Waals surface area contributed by atoms with Gasteiger partial charge in [0, 0.05) is 35.0 Å². The molecular weight excluding hydrogens is 338 g/mol. The predicted molar refractivity (Wildman–Crippen MR) is 101 cm³/mol. The number of hydrogen-bond donors (Lipinski definition) is 3. The fourth-order valence-electron chi connectivity index (χ4n) is 2.52. The van der Waals surface area contributed by atoms with Crippen LogP contribution in [0.4, 0.5) is 10.6 Å². The quantitative estimate of drug-likeness (QED) is 0.710. The fourth-order valence-corrected chi connectivity index (χ4v) is 2.69. The summed E-state index contributed by atoms with van der Waals surface area (Å²) in [7, 11) is 0. The molecule has 1 aliphatic rings. The van der Waals surface area contributed by atoms with E-state index >= 15 is 0 Å². The molecule has 25 heavy (non-hydrogen) atoms. The summed E-state index contributed by atoms with van der Waals surface area (Å²) in [5, 5.41) is 10.6. The van der Waals surface area contributed by atoms with Crippen molar-refractivity contribution in [2.45, 2.75) is 45.1 Å². The van der Waals surface area contributed by atoms with E-state index in [1.807, 2.05) is 39.0 Å². The zero-order valence-corrected chi connectivity index (χ0v) is 15.6. The van der Waals surface area contributed by atoms with Crippen LogP contribution in [0.2, 0.25) is 5.02 Å². The van der Waals surface area contributed by atoms with E-state index in [0.717, 1.165) is 35.4 Å². The van der Waals surface area contributed by atoms with Crippen LogP contribution in [-0.4, -0.2) is 34.6 Å². The third-order valence-corrected chi connectivity index (χ3v) is 4.05. The Morgan fingerprint density at radius 1 is 1.24 bits per heavy atom. The second kappa shape index (κ2) is 7.04. The largest absolute Gasteiger partial charge is 0.368 e. The molecule has 7 heteroatoms. The van der Waals surface area contributed by atoms with Crippen molar-refractivity contribution < 1.29 is 4.79 Å². The lowest BCUT2D eigenvalue weighted by Gasteiger charge is -2.20. The first-order valence-electron chi connectivity index (χ1n) is 8.59. The molecule has 1 aromatic carbocycles. The topological polar surface area (TPSA) is 78.9 Å². The number of aromatic nitrogens is 2. The first-order valence-corrected chi connectivity index (χ1v) is 8.97. The Labute approximate surface area is 152 Å². The molecule has 3 N–H and O–H groups in total. The Hall–Kier alpha value is -2.08. The Bertz CT molecular complexity index is 783. The van der Waals surface area contributed by atoms with Crippen molar-refractivity contribution in [3.63, 3.8) is 0 Å². The fraction of sp³-hybridized carbons (Fsp3) is 0.500. The van der Waals surface area contributed by atoms with E-state index in [1.165, 1.54) is 0 Å². The molecule has 0 aliphatic heterocycles. The van der Waals surface area contributed by atoms with Crippen LogP contribution in [0.5, 0.6) is 0 Å². The summed E-state index contributed by atoms with van der Waals surface area (Å²) in [4.78, 5) is 21.1. The summed E-state index contributed by atoms with van der Waals surface area (Å²) < 4.78 is 0. The SMILES string of the molecule is CC(C)(C)NC(=O)NCCNc1nc(C2CC2)nc2cc(Cl)ccc12. The second-order valence-electron chi connectivity index (χ2n) is 7.42. The maximum absolute atomic E-state index is 11.8. The van der Waals surface area contributed by atoms with Crippen LogP contribution in [-0.2, 0) is 0 Å². The molecule has 6 nitrogen and oxygen atoms in total. The van der Waals surface area contributed by atoms with Gasteiger partial charge in [0.1, 0.15) is 11.6 Å². The number of amides is 2. The summed E-state index contributed by atoms with van der Waals surface area (Å²) in [6, 6.07) is 5.46. The van der Waals surface area contributed by atoms with Crippen molar-refractivity contribution in [1.29, 1.82) is 0 Å². The zero-order chi connectivity index (χ0) is 18.0. The molecule has 0 unspecified atom stereocenters. The lowest BCUT2D eigenvalue weighted by molar-refractivity contribution is 0.232. The van der Waals surface area contributed by atoms with Crippen molar-refractivity contribution in [3.8, 4) is 0 Å². The number of anilines is 1. The number of benzene rings is 1. The minimum Gasteiger partial charge on any atom is -0.368 e. The maximum Gasteiger partial charge on any atom is 0.315 e. The molecular formula is C18H24ClN5O. The molecule has 0 saturated heterocycles. The van der Waals surface area contributed by atoms with E-state index in [0.29, 0.717) is 24.0 Å². The van der Waals surface area contributed by atoms with Crippen LogP contribution < -0.4 is 16.0 Å². The van der Waals surface area contributed by atoms with Crippen molar-refractivity contribution in [2.75, 3.05) is 18.4 Å². The number of rotatable bonds is 5. The molecule has 0 spiro atoms. The predicted octanol–water partition coefficient (Wildman–Crippen LogP) is 3.67. The van der Waals surface area contributed by atoms with Gasteiger partial charge in [0.15, 0.2) is 0 Å². The highest BCUT2D eigenvalue weighted by Crippen LogP contribution is 2.39. The number of fused-ring (bicyclic) bond motifs is 1. The molecule has 134 valence electrons. The molecule has 1 saturated carbocycles. The molecule has 1 heterocycles. The van der Waals surface area contributed by atoms with Gasteiger partial charge in [-0.25, -0.2) is 14.8 Å². The molecule has 0 bridgehead atoms. The van der Waals surface area contributed by atoms with E-state index in [-0.39, 0.29) is 11.6 Å². The summed E-state index contributed by atoms with van der Waals surface area (Å²) >= 11 is 6.10. The number of carbonyl (C=O) groups excluding carboxylic acids is 1. The summed E-state index contributed by atoms with van der Waals surface area (Å²) in [5.74, 6) is 2.12. The monoisotopic (exact) mass is 361 g/mol. The van der Waals surface area contributed by atoms with Gasteiger partial charge >= 0.3 is 6.03 Å².